The molecule has 0 bridgehead atoms. The van der Waals surface area contributed by atoms with Crippen LogP contribution < -0.4 is 0 Å². The number of aliphatic carboxylic acids is 1. The Hall–Kier alpha value is -0.950. The van der Waals surface area contributed by atoms with Gasteiger partial charge in [-0.15, -0.1) is 0 Å². The molecule has 0 aromatic heterocycles. The second kappa shape index (κ2) is 6.00. The van der Waals surface area contributed by atoms with E-state index in [4.69, 9.17) is 4.74 Å². The van der Waals surface area contributed by atoms with Crippen molar-refractivity contribution in [1.29, 1.82) is 0 Å². The number of methoxy groups -OCH3 is 1. The third kappa shape index (κ3) is 2.97. The highest BCUT2D eigenvalue weighted by Crippen LogP contribution is 2.26. The molecule has 2 saturated heterocycles. The van der Waals surface area contributed by atoms with Gasteiger partial charge in [-0.2, -0.15) is 11.8 Å². The van der Waals surface area contributed by atoms with Crippen LogP contribution in [0.4, 0.5) is 4.79 Å². The van der Waals surface area contributed by atoms with Gasteiger partial charge < -0.3 is 19.6 Å². The van der Waals surface area contributed by atoms with E-state index in [1.54, 1.807) is 19.1 Å². The molecule has 7 heteroatoms. The molecule has 2 aliphatic heterocycles. The maximum Gasteiger partial charge on any atom is 0.326 e. The van der Waals surface area contributed by atoms with Crippen LogP contribution in [0, 0.1) is 0 Å². The van der Waals surface area contributed by atoms with Gasteiger partial charge in [0.05, 0.1) is 6.10 Å². The summed E-state index contributed by atoms with van der Waals surface area (Å²) in [7, 11) is 3.31. The third-order valence-electron chi connectivity index (χ3n) is 3.88. The summed E-state index contributed by atoms with van der Waals surface area (Å²) in [5.74, 6) is 1.04. The van der Waals surface area contributed by atoms with Crippen molar-refractivity contribution in [2.75, 3.05) is 32.2 Å². The van der Waals surface area contributed by atoms with Gasteiger partial charge in [-0.05, 0) is 12.2 Å². The lowest BCUT2D eigenvalue weighted by Gasteiger charge is -2.31. The minimum atomic E-state index is -0.956. The van der Waals surface area contributed by atoms with Crippen LogP contribution in [-0.4, -0.2) is 77.3 Å². The van der Waals surface area contributed by atoms with Gasteiger partial charge in [-0.25, -0.2) is 9.59 Å². The van der Waals surface area contributed by atoms with Crippen LogP contribution in [0.1, 0.15) is 12.8 Å². The molecular weight excluding hydrogens is 268 g/mol. The molecule has 0 radical (unpaired) electrons. The number of rotatable bonds is 3. The van der Waals surface area contributed by atoms with Crippen molar-refractivity contribution < 1.29 is 19.4 Å². The van der Waals surface area contributed by atoms with E-state index in [2.05, 4.69) is 0 Å². The molecule has 2 aliphatic rings. The predicted molar refractivity (Wildman–Crippen MR) is 72.4 cm³/mol. The Kier molecular flexibility index (Phi) is 4.57. The molecule has 0 saturated carbocycles. The number of amides is 2. The maximum atomic E-state index is 12.4. The summed E-state index contributed by atoms with van der Waals surface area (Å²) in [6.45, 7) is 0.358. The van der Waals surface area contributed by atoms with E-state index in [0.717, 1.165) is 17.9 Å². The van der Waals surface area contributed by atoms with E-state index < -0.39 is 12.0 Å². The summed E-state index contributed by atoms with van der Waals surface area (Å²) >= 11 is 1.83. The molecule has 3 atom stereocenters. The molecule has 1 N–H and O–H groups in total. The SMILES string of the molecule is COC1CC(C(=O)O)N(C(=O)N(C)C2CCSC2)C1. The molecule has 0 aromatic carbocycles. The summed E-state index contributed by atoms with van der Waals surface area (Å²) < 4.78 is 5.20. The Bertz CT molecular complexity index is 360. The van der Waals surface area contributed by atoms with Crippen molar-refractivity contribution in [3.63, 3.8) is 0 Å². The Morgan fingerprint density at radius 2 is 2.21 bits per heavy atom. The topological polar surface area (TPSA) is 70.1 Å². The first-order valence-corrected chi connectivity index (χ1v) is 7.56. The van der Waals surface area contributed by atoms with E-state index >= 15 is 0 Å². The fourth-order valence-corrected chi connectivity index (χ4v) is 3.87. The molecule has 6 nitrogen and oxygen atoms in total. The van der Waals surface area contributed by atoms with Crippen LogP contribution in [0.5, 0.6) is 0 Å². The quantitative estimate of drug-likeness (QED) is 0.828. The van der Waals surface area contributed by atoms with Crippen LogP contribution in [0.2, 0.25) is 0 Å². The first kappa shape index (κ1) is 14.5. The molecule has 108 valence electrons. The number of likely N-dealkylation sites (tertiary alicyclic amines) is 1. The number of thioether (sulfide) groups is 1. The van der Waals surface area contributed by atoms with Gasteiger partial charge in [0.25, 0.3) is 0 Å². The highest BCUT2D eigenvalue weighted by atomic mass is 32.2. The average molecular weight is 288 g/mol. The lowest BCUT2D eigenvalue weighted by molar-refractivity contribution is -0.141. The summed E-state index contributed by atoms with van der Waals surface area (Å²) in [5, 5.41) is 9.22. The number of carboxylic acids is 1. The Morgan fingerprint density at radius 3 is 2.74 bits per heavy atom. The van der Waals surface area contributed by atoms with E-state index in [1.165, 1.54) is 4.90 Å². The Labute approximate surface area is 117 Å². The zero-order valence-electron chi connectivity index (χ0n) is 11.2. The monoisotopic (exact) mass is 288 g/mol. The summed E-state index contributed by atoms with van der Waals surface area (Å²) in [6, 6.07) is -0.748. The van der Waals surface area contributed by atoms with Gasteiger partial charge >= 0.3 is 12.0 Å². The Balaban J connectivity index is 2.05. The van der Waals surface area contributed by atoms with Gasteiger partial charge in [0, 0.05) is 38.9 Å². The lowest BCUT2D eigenvalue weighted by atomic mass is 10.2. The first-order chi connectivity index (χ1) is 9.04. The smallest absolute Gasteiger partial charge is 0.326 e. The normalized spacial score (nSPS) is 30.6. The molecule has 2 rings (SSSR count). The van der Waals surface area contributed by atoms with Crippen LogP contribution in [0.25, 0.3) is 0 Å². The first-order valence-electron chi connectivity index (χ1n) is 6.41. The predicted octanol–water partition coefficient (Wildman–Crippen LogP) is 0.718. The average Bonchev–Trinajstić information content (AvgIpc) is 3.05. The highest BCUT2D eigenvalue weighted by Gasteiger charge is 2.42. The molecule has 3 unspecified atom stereocenters. The number of carbonyl (C=O) groups is 2. The number of hydrogen-bond donors (Lipinski definition) is 1. The van der Waals surface area contributed by atoms with Gasteiger partial charge in [-0.1, -0.05) is 0 Å². The second-order valence-electron chi connectivity index (χ2n) is 5.01. The number of ether oxygens (including phenoxy) is 1. The van der Waals surface area contributed by atoms with Crippen LogP contribution >= 0.6 is 11.8 Å². The molecular formula is C12H20N2O4S. The van der Waals surface area contributed by atoms with Crippen molar-refractivity contribution in [2.24, 2.45) is 0 Å². The number of carboxylic acid groups (broad SMARTS) is 1. The summed E-state index contributed by atoms with van der Waals surface area (Å²) in [5.41, 5.74) is 0. The van der Waals surface area contributed by atoms with Crippen LogP contribution in [-0.2, 0) is 9.53 Å². The van der Waals surface area contributed by atoms with Crippen LogP contribution in [0.15, 0.2) is 0 Å². The third-order valence-corrected chi connectivity index (χ3v) is 5.03. The largest absolute Gasteiger partial charge is 0.480 e. The zero-order valence-corrected chi connectivity index (χ0v) is 12.1. The molecule has 2 fully saturated rings. The fourth-order valence-electron chi connectivity index (χ4n) is 2.60. The maximum absolute atomic E-state index is 12.4. The van der Waals surface area contributed by atoms with Crippen molar-refractivity contribution in [3.05, 3.63) is 0 Å². The molecule has 0 aromatic rings. The molecule has 2 amide bonds. The van der Waals surface area contributed by atoms with Gasteiger partial charge in [-0.3, -0.25) is 0 Å². The van der Waals surface area contributed by atoms with Crippen molar-refractivity contribution in [2.45, 2.75) is 31.0 Å². The highest BCUT2D eigenvalue weighted by molar-refractivity contribution is 7.99. The number of urea groups is 1. The molecule has 2 heterocycles. The molecule has 19 heavy (non-hydrogen) atoms. The van der Waals surface area contributed by atoms with Crippen molar-refractivity contribution in [1.82, 2.24) is 9.80 Å². The van der Waals surface area contributed by atoms with E-state index in [-0.39, 0.29) is 18.2 Å². The van der Waals surface area contributed by atoms with E-state index in [1.807, 2.05) is 11.8 Å². The lowest BCUT2D eigenvalue weighted by Crippen LogP contribution is -2.50. The zero-order chi connectivity index (χ0) is 14.0. The molecule has 0 aliphatic carbocycles. The van der Waals surface area contributed by atoms with E-state index in [9.17, 15) is 14.7 Å². The second-order valence-corrected chi connectivity index (χ2v) is 6.16. The Morgan fingerprint density at radius 1 is 1.47 bits per heavy atom. The number of nitrogens with zero attached hydrogens (tertiary/aromatic N) is 2. The summed E-state index contributed by atoms with van der Waals surface area (Å²) in [4.78, 5) is 26.8. The van der Waals surface area contributed by atoms with E-state index in [0.29, 0.717) is 13.0 Å². The fraction of sp³-hybridized carbons (Fsp3) is 0.833. The van der Waals surface area contributed by atoms with Gasteiger partial charge in [0.2, 0.25) is 0 Å². The van der Waals surface area contributed by atoms with Crippen molar-refractivity contribution in [3.8, 4) is 0 Å². The number of carbonyl (C=O) groups excluding carboxylic acids is 1. The summed E-state index contributed by atoms with van der Waals surface area (Å²) in [6.07, 6.45) is 1.16. The van der Waals surface area contributed by atoms with Gasteiger partial charge in [0.15, 0.2) is 0 Å². The number of hydrogen-bond acceptors (Lipinski definition) is 4. The minimum absolute atomic E-state index is 0.184. The minimum Gasteiger partial charge on any atom is -0.480 e. The molecule has 0 spiro atoms. The van der Waals surface area contributed by atoms with Crippen LogP contribution in [0.3, 0.4) is 0 Å². The van der Waals surface area contributed by atoms with Crippen molar-refractivity contribution >= 4 is 23.8 Å². The standard InChI is InChI=1S/C12H20N2O4S/c1-13(8-3-4-19-7-8)12(17)14-6-9(18-2)5-10(14)11(15)16/h8-10H,3-7H2,1-2H3,(H,15,16). The van der Waals surface area contributed by atoms with Gasteiger partial charge in [0.1, 0.15) is 6.04 Å².